The molecule has 0 unspecified atom stereocenters. The molecule has 0 aliphatic heterocycles. The molecule has 8 heteroatoms. The zero-order chi connectivity index (χ0) is 20.8. The maximum Gasteiger partial charge on any atom is 0.365 e. The second-order valence-corrected chi connectivity index (χ2v) is 9.24. The molecule has 1 aliphatic carbocycles. The standard InChI is InChI=1S/C22H23N5O2S/c1-13-3-6-15(7-4-13)10-23-18(28)11-26-22(29)25-20-19-16-8-5-14(2)9-17(16)30-21(19)24-12-27(20)26/h3-4,6-7,12,14H,5,8-11H2,1-2H3,(H,23,28)/t14-/m1/s1. The van der Waals surface area contributed by atoms with Crippen LogP contribution in [0.5, 0.6) is 0 Å². The SMILES string of the molecule is Cc1ccc(CNC(=O)Cn2c(=O)nc3c4c5c(sc4ncn32)C[C@H](C)CC5)cc1. The van der Waals surface area contributed by atoms with E-state index in [-0.39, 0.29) is 12.5 Å². The van der Waals surface area contributed by atoms with E-state index in [1.807, 2.05) is 31.2 Å². The molecular weight excluding hydrogens is 398 g/mol. The van der Waals surface area contributed by atoms with E-state index in [0.717, 1.165) is 35.0 Å². The van der Waals surface area contributed by atoms with Gasteiger partial charge in [0.1, 0.15) is 17.7 Å². The lowest BCUT2D eigenvalue weighted by atomic mass is 9.89. The van der Waals surface area contributed by atoms with Crippen molar-refractivity contribution in [2.24, 2.45) is 5.92 Å². The van der Waals surface area contributed by atoms with Crippen molar-refractivity contribution in [3.8, 4) is 0 Å². The Bertz CT molecular complexity index is 1320. The van der Waals surface area contributed by atoms with Gasteiger partial charge in [0.2, 0.25) is 5.91 Å². The predicted molar refractivity (Wildman–Crippen MR) is 117 cm³/mol. The highest BCUT2D eigenvalue weighted by atomic mass is 32.1. The van der Waals surface area contributed by atoms with Crippen LogP contribution in [0.2, 0.25) is 0 Å². The monoisotopic (exact) mass is 421 g/mol. The Labute approximate surface area is 177 Å². The van der Waals surface area contributed by atoms with E-state index in [0.29, 0.717) is 18.1 Å². The van der Waals surface area contributed by atoms with E-state index in [1.54, 1.807) is 22.2 Å². The zero-order valence-corrected chi connectivity index (χ0v) is 17.8. The Hall–Kier alpha value is -3.00. The smallest absolute Gasteiger partial charge is 0.350 e. The first-order valence-corrected chi connectivity index (χ1v) is 11.0. The Kier molecular flexibility index (Phi) is 4.66. The van der Waals surface area contributed by atoms with Gasteiger partial charge in [-0.15, -0.1) is 11.3 Å². The molecule has 0 saturated heterocycles. The molecule has 154 valence electrons. The Balaban J connectivity index is 1.44. The summed E-state index contributed by atoms with van der Waals surface area (Å²) in [4.78, 5) is 36.2. The van der Waals surface area contributed by atoms with Crippen molar-refractivity contribution in [3.63, 3.8) is 0 Å². The van der Waals surface area contributed by atoms with Gasteiger partial charge in [-0.1, -0.05) is 36.8 Å². The first kappa shape index (κ1) is 19.0. The molecule has 30 heavy (non-hydrogen) atoms. The molecule has 4 aromatic rings. The lowest BCUT2D eigenvalue weighted by molar-refractivity contribution is -0.122. The highest BCUT2D eigenvalue weighted by Crippen LogP contribution is 2.38. The number of aryl methyl sites for hydroxylation is 2. The quantitative estimate of drug-likeness (QED) is 0.549. The second kappa shape index (κ2) is 7.36. The minimum atomic E-state index is -0.432. The number of hydrogen-bond acceptors (Lipinski definition) is 5. The van der Waals surface area contributed by atoms with E-state index in [2.05, 4.69) is 22.2 Å². The molecule has 0 saturated carbocycles. The number of aromatic nitrogens is 4. The fraction of sp³-hybridized carbons (Fsp3) is 0.364. The molecular formula is C22H23N5O2S. The zero-order valence-electron chi connectivity index (χ0n) is 17.0. The average Bonchev–Trinajstić information content (AvgIpc) is 3.24. The molecule has 0 spiro atoms. The van der Waals surface area contributed by atoms with Crippen LogP contribution in [0, 0.1) is 12.8 Å². The molecule has 3 aromatic heterocycles. The fourth-order valence-electron chi connectivity index (χ4n) is 4.10. The average molecular weight is 422 g/mol. The third-order valence-electron chi connectivity index (χ3n) is 5.80. The van der Waals surface area contributed by atoms with Crippen molar-refractivity contribution in [2.75, 3.05) is 0 Å². The first-order chi connectivity index (χ1) is 14.5. The summed E-state index contributed by atoms with van der Waals surface area (Å²) in [6, 6.07) is 7.99. The first-order valence-electron chi connectivity index (χ1n) is 10.2. The van der Waals surface area contributed by atoms with Gasteiger partial charge < -0.3 is 5.32 Å². The third kappa shape index (κ3) is 3.31. The minimum Gasteiger partial charge on any atom is -0.350 e. The van der Waals surface area contributed by atoms with Crippen LogP contribution in [0.15, 0.2) is 35.4 Å². The van der Waals surface area contributed by atoms with Gasteiger partial charge in [-0.3, -0.25) is 4.79 Å². The predicted octanol–water partition coefficient (Wildman–Crippen LogP) is 2.86. The summed E-state index contributed by atoms with van der Waals surface area (Å²) in [7, 11) is 0. The van der Waals surface area contributed by atoms with Crippen molar-refractivity contribution in [1.29, 1.82) is 0 Å². The van der Waals surface area contributed by atoms with Crippen LogP contribution < -0.4 is 11.0 Å². The number of nitrogens with zero attached hydrogens (tertiary/aromatic N) is 4. The number of rotatable bonds is 4. The number of carbonyl (C=O) groups excluding carboxylic acids is 1. The number of nitrogens with one attached hydrogen (secondary N) is 1. The van der Waals surface area contributed by atoms with Crippen LogP contribution in [0.4, 0.5) is 0 Å². The lowest BCUT2D eigenvalue weighted by Crippen LogP contribution is -2.32. The summed E-state index contributed by atoms with van der Waals surface area (Å²) >= 11 is 1.70. The highest BCUT2D eigenvalue weighted by Gasteiger charge is 2.24. The Morgan fingerprint density at radius 3 is 2.90 bits per heavy atom. The highest BCUT2D eigenvalue weighted by molar-refractivity contribution is 7.19. The largest absolute Gasteiger partial charge is 0.365 e. The van der Waals surface area contributed by atoms with Crippen molar-refractivity contribution in [3.05, 3.63) is 62.6 Å². The Morgan fingerprint density at radius 2 is 2.10 bits per heavy atom. The summed E-state index contributed by atoms with van der Waals surface area (Å²) < 4.78 is 2.98. The van der Waals surface area contributed by atoms with E-state index in [1.165, 1.54) is 20.7 Å². The van der Waals surface area contributed by atoms with E-state index < -0.39 is 5.69 Å². The number of carbonyl (C=O) groups is 1. The summed E-state index contributed by atoms with van der Waals surface area (Å²) in [5, 5.41) is 3.85. The maximum absolute atomic E-state index is 12.6. The van der Waals surface area contributed by atoms with Crippen LogP contribution >= 0.6 is 11.3 Å². The van der Waals surface area contributed by atoms with Crippen molar-refractivity contribution >= 4 is 33.1 Å². The number of fused-ring (bicyclic) bond motifs is 5. The number of amides is 1. The van der Waals surface area contributed by atoms with Gasteiger partial charge in [-0.05, 0) is 43.2 Å². The molecule has 5 rings (SSSR count). The molecule has 1 N–H and O–H groups in total. The van der Waals surface area contributed by atoms with E-state index in [4.69, 9.17) is 0 Å². The van der Waals surface area contributed by atoms with Crippen LogP contribution in [0.3, 0.4) is 0 Å². The molecule has 1 atom stereocenters. The molecule has 1 aliphatic rings. The van der Waals surface area contributed by atoms with Crippen LogP contribution in [-0.4, -0.2) is 25.1 Å². The minimum absolute atomic E-state index is 0.0948. The van der Waals surface area contributed by atoms with Crippen molar-refractivity contribution in [1.82, 2.24) is 24.5 Å². The van der Waals surface area contributed by atoms with Gasteiger partial charge in [0.05, 0.1) is 5.39 Å². The molecule has 0 bridgehead atoms. The summed E-state index contributed by atoms with van der Waals surface area (Å²) in [6.07, 6.45) is 4.77. The normalized spacial score (nSPS) is 16.1. The molecule has 1 aromatic carbocycles. The van der Waals surface area contributed by atoms with Crippen LogP contribution in [0.1, 0.15) is 34.9 Å². The molecule has 1 amide bonds. The number of hydrogen-bond donors (Lipinski definition) is 1. The topological polar surface area (TPSA) is 81.3 Å². The third-order valence-corrected chi connectivity index (χ3v) is 6.97. The number of thiophene rings is 1. The summed E-state index contributed by atoms with van der Waals surface area (Å²) in [5.41, 5.74) is 3.63. The Morgan fingerprint density at radius 1 is 1.30 bits per heavy atom. The van der Waals surface area contributed by atoms with Gasteiger partial charge >= 0.3 is 5.69 Å². The molecule has 0 radical (unpaired) electrons. The van der Waals surface area contributed by atoms with Crippen molar-refractivity contribution < 1.29 is 4.79 Å². The van der Waals surface area contributed by atoms with Gasteiger partial charge in [-0.25, -0.2) is 19.0 Å². The fourth-order valence-corrected chi connectivity index (χ4v) is 5.45. The molecule has 0 fully saturated rings. The number of benzene rings is 1. The summed E-state index contributed by atoms with van der Waals surface area (Å²) in [5.74, 6) is 0.430. The summed E-state index contributed by atoms with van der Waals surface area (Å²) in [6.45, 7) is 4.62. The van der Waals surface area contributed by atoms with Gasteiger partial charge in [0.25, 0.3) is 0 Å². The lowest BCUT2D eigenvalue weighted by Gasteiger charge is -2.17. The van der Waals surface area contributed by atoms with Crippen LogP contribution in [0.25, 0.3) is 15.9 Å². The van der Waals surface area contributed by atoms with Gasteiger partial charge in [0.15, 0.2) is 5.65 Å². The maximum atomic E-state index is 12.6. The van der Waals surface area contributed by atoms with E-state index >= 15 is 0 Å². The molecule has 3 heterocycles. The van der Waals surface area contributed by atoms with Gasteiger partial charge in [0, 0.05) is 11.4 Å². The van der Waals surface area contributed by atoms with Crippen LogP contribution in [-0.2, 0) is 30.7 Å². The van der Waals surface area contributed by atoms with Gasteiger partial charge in [-0.2, -0.15) is 4.98 Å². The van der Waals surface area contributed by atoms with Crippen molar-refractivity contribution in [2.45, 2.75) is 46.2 Å². The van der Waals surface area contributed by atoms with E-state index in [9.17, 15) is 9.59 Å². The molecule has 7 nitrogen and oxygen atoms in total. The second-order valence-electron chi connectivity index (χ2n) is 8.16.